The predicted molar refractivity (Wildman–Crippen MR) is 73.6 cm³/mol. The third-order valence-corrected chi connectivity index (χ3v) is 5.13. The maximum atomic E-state index is 11.2. The molecule has 19 heavy (non-hydrogen) atoms. The van der Waals surface area contributed by atoms with Gasteiger partial charge in [0.15, 0.2) is 6.61 Å². The summed E-state index contributed by atoms with van der Waals surface area (Å²) in [7, 11) is -2.70. The van der Waals surface area contributed by atoms with Crippen LogP contribution in [0.1, 0.15) is 20.8 Å². The van der Waals surface area contributed by atoms with Crippen molar-refractivity contribution in [1.82, 2.24) is 5.32 Å². The Morgan fingerprint density at radius 1 is 1.16 bits per heavy atom. The summed E-state index contributed by atoms with van der Waals surface area (Å²) in [5.74, 6) is 2.22. The van der Waals surface area contributed by atoms with Crippen molar-refractivity contribution in [2.75, 3.05) is 33.0 Å². The van der Waals surface area contributed by atoms with Crippen LogP contribution in [0.4, 0.5) is 4.79 Å². The third kappa shape index (κ3) is 7.84. The number of alkyl carbamates (subject to hydrolysis) is 1. The summed E-state index contributed by atoms with van der Waals surface area (Å²) in [6.45, 7) is 7.49. The highest BCUT2D eigenvalue weighted by Crippen LogP contribution is 2.15. The number of carbonyl (C=O) groups excluding carboxylic acids is 1. The summed E-state index contributed by atoms with van der Waals surface area (Å²) in [6.07, 6.45) is 4.43. The van der Waals surface area contributed by atoms with E-state index in [1.807, 2.05) is 20.8 Å². The monoisotopic (exact) mass is 289 g/mol. The number of hydrogen-bond donors (Lipinski definition) is 1. The topological polar surface area (TPSA) is 66.0 Å². The fourth-order valence-electron chi connectivity index (χ4n) is 1.48. The van der Waals surface area contributed by atoms with Crippen LogP contribution in [-0.2, 0) is 18.0 Å². The van der Waals surface area contributed by atoms with Gasteiger partial charge in [0, 0.05) is 32.4 Å². The molecule has 0 aromatic carbocycles. The number of rotatable bonds is 10. The van der Waals surface area contributed by atoms with Crippen LogP contribution >= 0.6 is 0 Å². The first kappa shape index (κ1) is 17.9. The van der Waals surface area contributed by atoms with Gasteiger partial charge < -0.3 is 23.3 Å². The summed E-state index contributed by atoms with van der Waals surface area (Å²) in [5.41, 5.74) is 0. The maximum absolute atomic E-state index is 11.2. The van der Waals surface area contributed by atoms with Gasteiger partial charge in [-0.3, -0.25) is 0 Å². The largest absolute Gasteiger partial charge is 0.502 e. The predicted octanol–water partition coefficient (Wildman–Crippen LogP) is 1.39. The van der Waals surface area contributed by atoms with Crippen molar-refractivity contribution >= 4 is 14.9 Å². The average molecular weight is 289 g/mol. The molecule has 6 nitrogen and oxygen atoms in total. The van der Waals surface area contributed by atoms with Gasteiger partial charge in [0.2, 0.25) is 0 Å². The minimum atomic E-state index is -2.70. The molecule has 0 aliphatic carbocycles. The van der Waals surface area contributed by atoms with Gasteiger partial charge in [-0.2, -0.15) is 0 Å². The molecule has 0 heterocycles. The Morgan fingerprint density at radius 2 is 1.68 bits per heavy atom. The summed E-state index contributed by atoms with van der Waals surface area (Å²) >= 11 is 0. The first-order valence-corrected chi connectivity index (χ1v) is 8.33. The van der Waals surface area contributed by atoms with E-state index in [1.165, 1.54) is 0 Å². The molecule has 110 valence electrons. The first-order valence-electron chi connectivity index (χ1n) is 6.40. The Morgan fingerprint density at radius 3 is 2.11 bits per heavy atom. The van der Waals surface area contributed by atoms with Crippen molar-refractivity contribution < 1.29 is 22.8 Å². The van der Waals surface area contributed by atoms with Crippen LogP contribution in [-0.4, -0.2) is 47.9 Å². The molecule has 1 amide bonds. The third-order valence-electron chi connectivity index (χ3n) is 2.08. The molecule has 0 aliphatic heterocycles. The maximum Gasteiger partial charge on any atom is 0.502 e. The van der Waals surface area contributed by atoms with Gasteiger partial charge in [0.1, 0.15) is 0 Å². The molecular formula is C12H23NO5Si. The fraction of sp³-hybridized carbons (Fsp3) is 0.750. The summed E-state index contributed by atoms with van der Waals surface area (Å²) < 4.78 is 21.6. The lowest BCUT2D eigenvalue weighted by atomic mass is 10.7. The lowest BCUT2D eigenvalue weighted by molar-refractivity contribution is 0.0713. The number of terminal acetylenes is 1. The quantitative estimate of drug-likeness (QED) is 0.486. The molecule has 0 rings (SSSR count). The molecule has 0 fully saturated rings. The van der Waals surface area contributed by atoms with Crippen LogP contribution < -0.4 is 5.32 Å². The zero-order valence-corrected chi connectivity index (χ0v) is 12.9. The van der Waals surface area contributed by atoms with E-state index in [4.69, 9.17) is 24.4 Å². The van der Waals surface area contributed by atoms with Gasteiger partial charge in [-0.05, 0) is 20.8 Å². The fourth-order valence-corrected chi connectivity index (χ4v) is 3.91. The Hall–Kier alpha value is -1.07. The molecule has 0 aromatic rings. The minimum Gasteiger partial charge on any atom is -0.436 e. The van der Waals surface area contributed by atoms with E-state index in [0.717, 1.165) is 0 Å². The van der Waals surface area contributed by atoms with Crippen molar-refractivity contribution in [3.05, 3.63) is 0 Å². The molecule has 7 heteroatoms. The van der Waals surface area contributed by atoms with Crippen LogP contribution in [0.3, 0.4) is 0 Å². The van der Waals surface area contributed by atoms with Gasteiger partial charge in [0.25, 0.3) is 0 Å². The van der Waals surface area contributed by atoms with Gasteiger partial charge >= 0.3 is 14.9 Å². The van der Waals surface area contributed by atoms with Gasteiger partial charge in [-0.1, -0.05) is 5.92 Å². The van der Waals surface area contributed by atoms with Crippen molar-refractivity contribution in [2.45, 2.75) is 26.8 Å². The molecule has 0 bridgehead atoms. The summed E-state index contributed by atoms with van der Waals surface area (Å²) in [5, 5.41) is 2.59. The Balaban J connectivity index is 4.24. The lowest BCUT2D eigenvalue weighted by Crippen LogP contribution is -2.48. The molecule has 0 aliphatic rings. The van der Waals surface area contributed by atoms with E-state index in [2.05, 4.69) is 11.2 Å². The van der Waals surface area contributed by atoms with E-state index in [0.29, 0.717) is 32.4 Å². The highest BCUT2D eigenvalue weighted by molar-refractivity contribution is 6.60. The van der Waals surface area contributed by atoms with Crippen molar-refractivity contribution in [2.24, 2.45) is 0 Å². The summed E-state index contributed by atoms with van der Waals surface area (Å²) in [4.78, 5) is 11.2. The van der Waals surface area contributed by atoms with E-state index in [-0.39, 0.29) is 6.61 Å². The van der Waals surface area contributed by atoms with Gasteiger partial charge in [-0.15, -0.1) is 6.42 Å². The second kappa shape index (κ2) is 10.8. The molecular weight excluding hydrogens is 266 g/mol. The average Bonchev–Trinajstić information content (AvgIpc) is 2.37. The highest BCUT2D eigenvalue weighted by atomic mass is 28.4. The van der Waals surface area contributed by atoms with E-state index in [9.17, 15) is 4.79 Å². The SMILES string of the molecule is C#CCOC(=O)NCC[Si](OCC)(OCC)OCC. The van der Waals surface area contributed by atoms with Crippen LogP contribution in [0, 0.1) is 12.3 Å². The standard InChI is InChI=1S/C12H23NO5Si/c1-5-10-15-12(14)13-9-11-19(16-6-2,17-7-3)18-8-4/h1H,6-11H2,2-4H3,(H,13,14). The normalized spacial score (nSPS) is 10.8. The molecule has 1 N–H and O–H groups in total. The zero-order valence-electron chi connectivity index (χ0n) is 11.9. The molecule has 0 saturated heterocycles. The summed E-state index contributed by atoms with van der Waals surface area (Å²) in [6, 6.07) is 0.494. The van der Waals surface area contributed by atoms with Crippen LogP contribution in [0.5, 0.6) is 0 Å². The first-order chi connectivity index (χ1) is 9.14. The van der Waals surface area contributed by atoms with E-state index < -0.39 is 14.9 Å². The molecule has 0 spiro atoms. The van der Waals surface area contributed by atoms with Crippen molar-refractivity contribution in [3.63, 3.8) is 0 Å². The van der Waals surface area contributed by atoms with E-state index in [1.54, 1.807) is 0 Å². The van der Waals surface area contributed by atoms with E-state index >= 15 is 0 Å². The number of carbonyl (C=O) groups is 1. The van der Waals surface area contributed by atoms with Crippen LogP contribution in [0.15, 0.2) is 0 Å². The Kier molecular flexibility index (Phi) is 10.2. The zero-order chi connectivity index (χ0) is 14.6. The number of hydrogen-bond acceptors (Lipinski definition) is 5. The number of nitrogens with one attached hydrogen (secondary N) is 1. The van der Waals surface area contributed by atoms with Gasteiger partial charge in [0.05, 0.1) is 0 Å². The molecule has 0 saturated carbocycles. The second-order valence-electron chi connectivity index (χ2n) is 3.44. The lowest BCUT2D eigenvalue weighted by Gasteiger charge is -2.28. The number of ether oxygens (including phenoxy) is 1. The molecule has 0 aromatic heterocycles. The molecule has 0 atom stereocenters. The Bertz CT molecular complexity index is 275. The smallest absolute Gasteiger partial charge is 0.436 e. The minimum absolute atomic E-state index is 0.0449. The second-order valence-corrected chi connectivity index (χ2v) is 6.17. The van der Waals surface area contributed by atoms with Crippen molar-refractivity contribution in [1.29, 1.82) is 0 Å². The molecule has 0 radical (unpaired) electrons. The van der Waals surface area contributed by atoms with Crippen molar-refractivity contribution in [3.8, 4) is 12.3 Å². The molecule has 0 unspecified atom stereocenters. The van der Waals surface area contributed by atoms with Crippen LogP contribution in [0.25, 0.3) is 0 Å². The van der Waals surface area contributed by atoms with Crippen LogP contribution in [0.2, 0.25) is 6.04 Å². The van der Waals surface area contributed by atoms with Gasteiger partial charge in [-0.25, -0.2) is 4.79 Å². The number of amides is 1. The Labute approximate surface area is 116 Å². The highest BCUT2D eigenvalue weighted by Gasteiger charge is 2.39.